The minimum absolute atomic E-state index is 0.527. The van der Waals surface area contributed by atoms with Gasteiger partial charge in [0, 0.05) is 6.42 Å². The van der Waals surface area contributed by atoms with Crippen LogP contribution in [-0.4, -0.2) is 0 Å². The van der Waals surface area contributed by atoms with Crippen LogP contribution in [0.25, 0.3) is 0 Å². The van der Waals surface area contributed by atoms with Gasteiger partial charge in [-0.2, -0.15) is 0 Å². The molecule has 0 aromatic rings. The lowest BCUT2D eigenvalue weighted by Crippen LogP contribution is -2.16. The fourth-order valence-electron chi connectivity index (χ4n) is 3.88. The Morgan fingerprint density at radius 3 is 2.69 bits per heavy atom. The van der Waals surface area contributed by atoms with E-state index in [2.05, 4.69) is 26.7 Å². The lowest BCUT2D eigenvalue weighted by Gasteiger charge is -2.26. The Bertz CT molecular complexity index is 256. The van der Waals surface area contributed by atoms with Gasteiger partial charge in [0.1, 0.15) is 0 Å². The highest BCUT2D eigenvalue weighted by Gasteiger charge is 2.70. The summed E-state index contributed by atoms with van der Waals surface area (Å²) in [7, 11) is 0. The van der Waals surface area contributed by atoms with Crippen LogP contribution < -0.4 is 0 Å². The summed E-state index contributed by atoms with van der Waals surface area (Å²) in [5.41, 5.74) is 1.06. The van der Waals surface area contributed by atoms with Gasteiger partial charge in [-0.1, -0.05) is 27.2 Å². The summed E-state index contributed by atoms with van der Waals surface area (Å²) < 4.78 is 0. The zero-order valence-corrected chi connectivity index (χ0v) is 9.06. The summed E-state index contributed by atoms with van der Waals surface area (Å²) in [6.45, 7) is 7.20. The van der Waals surface area contributed by atoms with Crippen molar-refractivity contribution in [2.24, 2.45) is 22.7 Å². The van der Waals surface area contributed by atoms with Crippen LogP contribution in [0.2, 0.25) is 0 Å². The van der Waals surface area contributed by atoms with Crippen molar-refractivity contribution in [2.45, 2.75) is 46.5 Å². The summed E-state index contributed by atoms with van der Waals surface area (Å²) in [6, 6.07) is 0. The summed E-state index contributed by atoms with van der Waals surface area (Å²) in [6.07, 6.45) is 10.7. The fourth-order valence-corrected chi connectivity index (χ4v) is 3.88. The molecule has 2 rings (SSSR count). The van der Waals surface area contributed by atoms with Gasteiger partial charge in [0.2, 0.25) is 0 Å². The lowest BCUT2D eigenvalue weighted by molar-refractivity contribution is 0.255. The second kappa shape index (κ2) is 2.53. The van der Waals surface area contributed by atoms with Crippen molar-refractivity contribution < 1.29 is 0 Å². The van der Waals surface area contributed by atoms with E-state index in [-0.39, 0.29) is 0 Å². The van der Waals surface area contributed by atoms with Crippen LogP contribution in [0.4, 0.5) is 0 Å². The molecule has 72 valence electrons. The zero-order chi connectivity index (χ0) is 9.69. The van der Waals surface area contributed by atoms with Gasteiger partial charge in [-0.25, -0.2) is 0 Å². The molecule has 2 aliphatic rings. The third kappa shape index (κ3) is 0.997. The number of fused-ring (bicyclic) bond motifs is 1. The van der Waals surface area contributed by atoms with Crippen molar-refractivity contribution in [3.05, 3.63) is 0 Å². The van der Waals surface area contributed by atoms with Gasteiger partial charge in [-0.3, -0.25) is 0 Å². The fraction of sp³-hybridized carbons (Fsp3) is 0.846. The molecule has 0 radical (unpaired) electrons. The van der Waals surface area contributed by atoms with E-state index in [9.17, 15) is 0 Å². The molecule has 3 atom stereocenters. The summed E-state index contributed by atoms with van der Waals surface area (Å²) in [5.74, 6) is 4.71. The third-order valence-corrected chi connectivity index (χ3v) is 4.82. The summed E-state index contributed by atoms with van der Waals surface area (Å²) in [4.78, 5) is 0. The average molecular weight is 176 g/mol. The standard InChI is InChI=1S/C13H20/c1-5-8-13-9-10(2)6-7-11(13)12(13,3)4/h1,10-11H,6-9H2,2-4H3. The molecule has 0 bridgehead atoms. The Balaban J connectivity index is 2.20. The highest BCUT2D eigenvalue weighted by Crippen LogP contribution is 2.76. The highest BCUT2D eigenvalue weighted by molar-refractivity contribution is 5.22. The molecule has 2 saturated carbocycles. The average Bonchev–Trinajstić information content (AvgIpc) is 2.48. The van der Waals surface area contributed by atoms with E-state index in [4.69, 9.17) is 6.42 Å². The predicted octanol–water partition coefficient (Wildman–Crippen LogP) is 3.47. The maximum Gasteiger partial charge on any atom is 0.0151 e. The second-order valence-corrected chi connectivity index (χ2v) is 5.70. The maximum atomic E-state index is 5.49. The highest BCUT2D eigenvalue weighted by atomic mass is 14.7. The quantitative estimate of drug-likeness (QED) is 0.537. The van der Waals surface area contributed by atoms with Crippen molar-refractivity contribution in [2.75, 3.05) is 0 Å². The van der Waals surface area contributed by atoms with Crippen molar-refractivity contribution in [3.8, 4) is 12.3 Å². The molecule has 2 aliphatic carbocycles. The third-order valence-electron chi connectivity index (χ3n) is 4.82. The summed E-state index contributed by atoms with van der Waals surface area (Å²) >= 11 is 0. The van der Waals surface area contributed by atoms with E-state index >= 15 is 0 Å². The first-order valence-electron chi connectivity index (χ1n) is 5.48. The van der Waals surface area contributed by atoms with Gasteiger partial charge in [0.25, 0.3) is 0 Å². The normalized spacial score (nSPS) is 46.3. The Morgan fingerprint density at radius 1 is 1.38 bits per heavy atom. The topological polar surface area (TPSA) is 0 Å². The molecule has 0 aromatic heterocycles. The van der Waals surface area contributed by atoms with Crippen molar-refractivity contribution >= 4 is 0 Å². The van der Waals surface area contributed by atoms with Crippen molar-refractivity contribution in [1.29, 1.82) is 0 Å². The first-order valence-corrected chi connectivity index (χ1v) is 5.48. The van der Waals surface area contributed by atoms with Gasteiger partial charge >= 0.3 is 0 Å². The lowest BCUT2D eigenvalue weighted by atomic mass is 9.79. The Kier molecular flexibility index (Phi) is 1.78. The molecule has 3 unspecified atom stereocenters. The van der Waals surface area contributed by atoms with Gasteiger partial charge in [0.15, 0.2) is 0 Å². The largest absolute Gasteiger partial charge is 0.120 e. The van der Waals surface area contributed by atoms with Gasteiger partial charge in [-0.05, 0) is 35.5 Å². The van der Waals surface area contributed by atoms with E-state index in [1.165, 1.54) is 19.3 Å². The molecular formula is C13H20. The van der Waals surface area contributed by atoms with Crippen LogP contribution in [-0.2, 0) is 0 Å². The van der Waals surface area contributed by atoms with Crippen molar-refractivity contribution in [1.82, 2.24) is 0 Å². The molecule has 0 spiro atoms. The first kappa shape index (κ1) is 9.13. The Hall–Kier alpha value is -0.440. The second-order valence-electron chi connectivity index (χ2n) is 5.70. The van der Waals surface area contributed by atoms with Crippen LogP contribution in [0.3, 0.4) is 0 Å². The van der Waals surface area contributed by atoms with Gasteiger partial charge in [0.05, 0.1) is 0 Å². The van der Waals surface area contributed by atoms with Crippen LogP contribution in [0.5, 0.6) is 0 Å². The molecule has 13 heavy (non-hydrogen) atoms. The van der Waals surface area contributed by atoms with E-state index in [1.54, 1.807) is 0 Å². The molecule has 0 aromatic carbocycles. The van der Waals surface area contributed by atoms with E-state index in [1.807, 2.05) is 0 Å². The predicted molar refractivity (Wildman–Crippen MR) is 56.2 cm³/mol. The van der Waals surface area contributed by atoms with Gasteiger partial charge in [-0.15, -0.1) is 12.3 Å². The van der Waals surface area contributed by atoms with E-state index in [0.29, 0.717) is 10.8 Å². The molecule has 0 amide bonds. The van der Waals surface area contributed by atoms with Crippen LogP contribution in [0, 0.1) is 35.0 Å². The molecule has 0 N–H and O–H groups in total. The van der Waals surface area contributed by atoms with Crippen molar-refractivity contribution in [3.63, 3.8) is 0 Å². The van der Waals surface area contributed by atoms with Crippen LogP contribution >= 0.6 is 0 Å². The van der Waals surface area contributed by atoms with E-state index < -0.39 is 0 Å². The number of terminal acetylenes is 1. The number of rotatable bonds is 1. The molecule has 0 heteroatoms. The summed E-state index contributed by atoms with van der Waals surface area (Å²) in [5, 5.41) is 0. The van der Waals surface area contributed by atoms with Crippen LogP contribution in [0.1, 0.15) is 46.5 Å². The number of hydrogen-bond donors (Lipinski definition) is 0. The number of hydrogen-bond acceptors (Lipinski definition) is 0. The minimum Gasteiger partial charge on any atom is -0.120 e. The molecule has 0 nitrogen and oxygen atoms in total. The molecule has 0 aliphatic heterocycles. The monoisotopic (exact) mass is 176 g/mol. The smallest absolute Gasteiger partial charge is 0.0151 e. The first-order chi connectivity index (χ1) is 6.04. The maximum absolute atomic E-state index is 5.49. The Labute approximate surface area is 82.1 Å². The molecule has 2 fully saturated rings. The minimum atomic E-state index is 0.527. The zero-order valence-electron chi connectivity index (χ0n) is 9.06. The molecular weight excluding hydrogens is 156 g/mol. The van der Waals surface area contributed by atoms with E-state index in [0.717, 1.165) is 18.3 Å². The van der Waals surface area contributed by atoms with Gasteiger partial charge < -0.3 is 0 Å². The Morgan fingerprint density at radius 2 is 2.08 bits per heavy atom. The molecule has 0 saturated heterocycles. The van der Waals surface area contributed by atoms with Crippen LogP contribution in [0.15, 0.2) is 0 Å². The molecule has 0 heterocycles. The SMILES string of the molecule is C#CCC12CC(C)CCC1C2(C)C.